The van der Waals surface area contributed by atoms with E-state index in [1.165, 1.54) is 37.7 Å². The van der Waals surface area contributed by atoms with Crippen LogP contribution in [0.15, 0.2) is 54.6 Å². The molecule has 0 radical (unpaired) electrons. The Morgan fingerprint density at radius 1 is 0.679 bits per heavy atom. The number of rotatable bonds is 3. The van der Waals surface area contributed by atoms with Crippen LogP contribution in [0, 0.1) is 0 Å². The van der Waals surface area contributed by atoms with E-state index in [-0.39, 0.29) is 5.41 Å². The lowest BCUT2D eigenvalue weighted by molar-refractivity contribution is 0.443. The van der Waals surface area contributed by atoms with Crippen molar-refractivity contribution < 1.29 is 0 Å². The minimum atomic E-state index is -0.136. The van der Waals surface area contributed by atoms with E-state index < -0.39 is 0 Å². The van der Waals surface area contributed by atoms with E-state index >= 15 is 0 Å². The smallest absolute Gasteiger partial charge is 0.163 e. The Morgan fingerprint density at radius 2 is 1.25 bits per heavy atom. The molecule has 1 aromatic heterocycles. The molecular weight excluding hydrogens is 342 g/mol. The lowest BCUT2D eigenvalue weighted by Gasteiger charge is -2.22. The van der Waals surface area contributed by atoms with Crippen molar-refractivity contribution in [2.24, 2.45) is 0 Å². The standard InChI is InChI=1S/C25H29N3/c1-25(2,3)24-27-22(20-12-8-5-9-13-20)26-23(28-24)21-16-14-19(15-17-21)18-10-6-4-7-11-18/h5,8-9,12-18H,4,6-7,10-11H2,1-3H3. The van der Waals surface area contributed by atoms with Gasteiger partial charge >= 0.3 is 0 Å². The summed E-state index contributed by atoms with van der Waals surface area (Å²) >= 11 is 0. The summed E-state index contributed by atoms with van der Waals surface area (Å²) in [4.78, 5) is 14.4. The predicted octanol–water partition coefficient (Wildman–Crippen LogP) is 6.55. The maximum absolute atomic E-state index is 4.82. The minimum absolute atomic E-state index is 0.136. The molecule has 0 unspecified atom stereocenters. The molecule has 0 spiro atoms. The van der Waals surface area contributed by atoms with Gasteiger partial charge < -0.3 is 0 Å². The van der Waals surface area contributed by atoms with Crippen molar-refractivity contribution in [1.29, 1.82) is 0 Å². The average molecular weight is 372 g/mol. The van der Waals surface area contributed by atoms with Gasteiger partial charge in [-0.05, 0) is 24.3 Å². The first-order chi connectivity index (χ1) is 13.5. The second-order valence-electron chi connectivity index (χ2n) is 8.88. The quantitative estimate of drug-likeness (QED) is 0.524. The van der Waals surface area contributed by atoms with E-state index in [2.05, 4.69) is 57.2 Å². The molecule has 0 amide bonds. The van der Waals surface area contributed by atoms with E-state index in [4.69, 9.17) is 15.0 Å². The van der Waals surface area contributed by atoms with Gasteiger partial charge in [0.05, 0.1) is 0 Å². The van der Waals surface area contributed by atoms with E-state index in [1.807, 2.05) is 18.2 Å². The Labute approximate surface area is 168 Å². The van der Waals surface area contributed by atoms with Crippen molar-refractivity contribution in [2.45, 2.75) is 64.2 Å². The molecule has 0 bridgehead atoms. The van der Waals surface area contributed by atoms with Crippen LogP contribution in [0.5, 0.6) is 0 Å². The summed E-state index contributed by atoms with van der Waals surface area (Å²) in [7, 11) is 0. The monoisotopic (exact) mass is 371 g/mol. The molecule has 3 nitrogen and oxygen atoms in total. The van der Waals surface area contributed by atoms with Crippen LogP contribution in [0.3, 0.4) is 0 Å². The molecular formula is C25H29N3. The average Bonchev–Trinajstić information content (AvgIpc) is 2.74. The molecule has 3 heteroatoms. The first-order valence-electron chi connectivity index (χ1n) is 10.4. The Kier molecular flexibility index (Phi) is 5.25. The number of hydrogen-bond acceptors (Lipinski definition) is 3. The molecule has 0 N–H and O–H groups in total. The fourth-order valence-electron chi connectivity index (χ4n) is 3.90. The SMILES string of the molecule is CC(C)(C)c1nc(-c2ccccc2)nc(-c2ccc(C3CCCCC3)cc2)n1. The molecule has 1 fully saturated rings. The topological polar surface area (TPSA) is 38.7 Å². The summed E-state index contributed by atoms with van der Waals surface area (Å²) in [6, 6.07) is 19.1. The van der Waals surface area contributed by atoms with Crippen molar-refractivity contribution in [1.82, 2.24) is 15.0 Å². The first-order valence-corrected chi connectivity index (χ1v) is 10.4. The van der Waals surface area contributed by atoms with Crippen molar-refractivity contribution in [3.8, 4) is 22.8 Å². The highest BCUT2D eigenvalue weighted by Gasteiger charge is 2.21. The zero-order valence-corrected chi connectivity index (χ0v) is 17.2. The van der Waals surface area contributed by atoms with Gasteiger partial charge in [0.1, 0.15) is 5.82 Å². The van der Waals surface area contributed by atoms with E-state index in [1.54, 1.807) is 0 Å². The van der Waals surface area contributed by atoms with Crippen molar-refractivity contribution in [2.75, 3.05) is 0 Å². The Hall–Kier alpha value is -2.55. The van der Waals surface area contributed by atoms with Crippen LogP contribution in [0.25, 0.3) is 22.8 Å². The molecule has 1 aliphatic carbocycles. The third-order valence-corrected chi connectivity index (χ3v) is 5.58. The maximum Gasteiger partial charge on any atom is 0.163 e. The summed E-state index contributed by atoms with van der Waals surface area (Å²) in [5.74, 6) is 3.04. The molecule has 0 atom stereocenters. The summed E-state index contributed by atoms with van der Waals surface area (Å²) in [5, 5.41) is 0. The van der Waals surface area contributed by atoms with Gasteiger partial charge in [-0.15, -0.1) is 0 Å². The van der Waals surface area contributed by atoms with Crippen LogP contribution in [-0.4, -0.2) is 15.0 Å². The molecule has 0 saturated heterocycles. The van der Waals surface area contributed by atoms with Gasteiger partial charge in [0.15, 0.2) is 11.6 Å². The maximum atomic E-state index is 4.82. The second kappa shape index (κ2) is 7.83. The highest BCUT2D eigenvalue weighted by molar-refractivity contribution is 5.61. The summed E-state index contributed by atoms with van der Waals surface area (Å²) < 4.78 is 0. The van der Waals surface area contributed by atoms with Crippen LogP contribution < -0.4 is 0 Å². The van der Waals surface area contributed by atoms with Crippen LogP contribution in [0.1, 0.15) is 70.2 Å². The summed E-state index contributed by atoms with van der Waals surface area (Å²) in [6.07, 6.45) is 6.73. The molecule has 0 aliphatic heterocycles. The minimum Gasteiger partial charge on any atom is -0.212 e. The molecule has 3 aromatic rings. The third-order valence-electron chi connectivity index (χ3n) is 5.58. The summed E-state index contributed by atoms with van der Waals surface area (Å²) in [6.45, 7) is 6.44. The summed E-state index contributed by atoms with van der Waals surface area (Å²) in [5.41, 5.74) is 3.40. The van der Waals surface area contributed by atoms with Crippen molar-refractivity contribution in [3.63, 3.8) is 0 Å². The number of hydrogen-bond donors (Lipinski definition) is 0. The lowest BCUT2D eigenvalue weighted by Crippen LogP contribution is -2.18. The number of aromatic nitrogens is 3. The number of nitrogens with zero attached hydrogens (tertiary/aromatic N) is 3. The third kappa shape index (κ3) is 4.14. The Morgan fingerprint density at radius 3 is 1.82 bits per heavy atom. The lowest BCUT2D eigenvalue weighted by atomic mass is 9.84. The Bertz CT molecular complexity index is 918. The first kappa shape index (κ1) is 18.8. The van der Waals surface area contributed by atoms with Gasteiger partial charge in [0, 0.05) is 16.5 Å². The highest BCUT2D eigenvalue weighted by atomic mass is 15.0. The predicted molar refractivity (Wildman–Crippen MR) is 115 cm³/mol. The van der Waals surface area contributed by atoms with Crippen molar-refractivity contribution >= 4 is 0 Å². The fraction of sp³-hybridized carbons (Fsp3) is 0.400. The van der Waals surface area contributed by atoms with Gasteiger partial charge in [-0.2, -0.15) is 0 Å². The van der Waals surface area contributed by atoms with Crippen LogP contribution in [-0.2, 0) is 5.41 Å². The van der Waals surface area contributed by atoms with E-state index in [0.717, 1.165) is 28.6 Å². The molecule has 144 valence electrons. The van der Waals surface area contributed by atoms with Crippen molar-refractivity contribution in [3.05, 3.63) is 66.0 Å². The highest BCUT2D eigenvalue weighted by Crippen LogP contribution is 2.33. The zero-order valence-electron chi connectivity index (χ0n) is 17.2. The van der Waals surface area contributed by atoms with Crippen LogP contribution in [0.4, 0.5) is 0 Å². The fourth-order valence-corrected chi connectivity index (χ4v) is 3.90. The molecule has 4 rings (SSSR count). The zero-order chi connectivity index (χ0) is 19.6. The van der Waals surface area contributed by atoms with E-state index in [0.29, 0.717) is 5.92 Å². The van der Waals surface area contributed by atoms with Gasteiger partial charge in [-0.25, -0.2) is 15.0 Å². The molecule has 1 aliphatic rings. The van der Waals surface area contributed by atoms with Gasteiger partial charge in [0.25, 0.3) is 0 Å². The van der Waals surface area contributed by atoms with Gasteiger partial charge in [-0.1, -0.05) is 94.6 Å². The molecule has 1 saturated carbocycles. The van der Waals surface area contributed by atoms with Gasteiger partial charge in [-0.3, -0.25) is 0 Å². The molecule has 28 heavy (non-hydrogen) atoms. The normalized spacial score (nSPS) is 15.5. The van der Waals surface area contributed by atoms with Crippen LogP contribution in [0.2, 0.25) is 0 Å². The second-order valence-corrected chi connectivity index (χ2v) is 8.88. The van der Waals surface area contributed by atoms with Gasteiger partial charge in [0.2, 0.25) is 0 Å². The molecule has 2 aromatic carbocycles. The largest absolute Gasteiger partial charge is 0.212 e. The number of benzene rings is 2. The Balaban J connectivity index is 1.72. The van der Waals surface area contributed by atoms with Crippen LogP contribution >= 0.6 is 0 Å². The van der Waals surface area contributed by atoms with E-state index in [9.17, 15) is 0 Å². The molecule has 1 heterocycles.